The second-order valence-electron chi connectivity index (χ2n) is 4.96. The summed E-state index contributed by atoms with van der Waals surface area (Å²) in [6.45, 7) is 6.92. The molecule has 0 bridgehead atoms. The van der Waals surface area contributed by atoms with Crippen molar-refractivity contribution in [1.29, 1.82) is 0 Å². The fraction of sp³-hybridized carbons (Fsp3) is 0.571. The molecule has 0 aromatic heterocycles. The van der Waals surface area contributed by atoms with Crippen LogP contribution in [0.25, 0.3) is 0 Å². The molecule has 18 heavy (non-hydrogen) atoms. The number of hydrogen-bond acceptors (Lipinski definition) is 3. The molecule has 0 aliphatic carbocycles. The molecule has 0 amide bonds. The van der Waals surface area contributed by atoms with Gasteiger partial charge in [-0.3, -0.25) is 4.90 Å². The van der Waals surface area contributed by atoms with Crippen LogP contribution in [0.15, 0.2) is 24.3 Å². The van der Waals surface area contributed by atoms with Gasteiger partial charge in [0.1, 0.15) is 0 Å². The van der Waals surface area contributed by atoms with Crippen LogP contribution in [0.3, 0.4) is 0 Å². The molecule has 0 saturated carbocycles. The van der Waals surface area contributed by atoms with Crippen molar-refractivity contribution in [2.45, 2.75) is 39.0 Å². The number of benzene rings is 1. The minimum absolute atomic E-state index is 0.279. The molecule has 0 aliphatic heterocycles. The molecule has 0 spiro atoms. The number of halogens is 1. The maximum absolute atomic E-state index is 10.2. The van der Waals surface area contributed by atoms with Gasteiger partial charge in [-0.2, -0.15) is 0 Å². The molecular formula is C14H22ClNO2. The van der Waals surface area contributed by atoms with Gasteiger partial charge in [-0.25, -0.2) is 0 Å². The van der Waals surface area contributed by atoms with E-state index in [0.29, 0.717) is 18.1 Å². The van der Waals surface area contributed by atoms with E-state index in [9.17, 15) is 10.2 Å². The minimum atomic E-state index is -0.566. The Bertz CT molecular complexity index is 351. The standard InChI is InChI=1S/C14H22ClNO2/c1-10(2)16(8-11(3)17)9-14(18)12-4-6-13(15)7-5-12/h4-7,10-11,14,17-18H,8-9H2,1-3H3. The SMILES string of the molecule is CC(O)CN(CC(O)c1ccc(Cl)cc1)C(C)C. The highest BCUT2D eigenvalue weighted by atomic mass is 35.5. The van der Waals surface area contributed by atoms with E-state index >= 15 is 0 Å². The molecular weight excluding hydrogens is 250 g/mol. The third-order valence-electron chi connectivity index (χ3n) is 2.89. The molecule has 0 heterocycles. The van der Waals surface area contributed by atoms with Crippen molar-refractivity contribution in [1.82, 2.24) is 4.90 Å². The third-order valence-corrected chi connectivity index (χ3v) is 3.14. The zero-order valence-electron chi connectivity index (χ0n) is 11.2. The van der Waals surface area contributed by atoms with Crippen molar-refractivity contribution < 1.29 is 10.2 Å². The lowest BCUT2D eigenvalue weighted by Crippen LogP contribution is -2.39. The van der Waals surface area contributed by atoms with Crippen LogP contribution >= 0.6 is 11.6 Å². The molecule has 1 aromatic rings. The first-order valence-electron chi connectivity index (χ1n) is 6.25. The van der Waals surface area contributed by atoms with Gasteiger partial charge in [0.25, 0.3) is 0 Å². The van der Waals surface area contributed by atoms with Gasteiger partial charge in [-0.15, -0.1) is 0 Å². The summed E-state index contributed by atoms with van der Waals surface area (Å²) in [5, 5.41) is 20.3. The fourth-order valence-corrected chi connectivity index (χ4v) is 1.97. The summed E-state index contributed by atoms with van der Waals surface area (Å²) in [7, 11) is 0. The van der Waals surface area contributed by atoms with Gasteiger partial charge in [-0.1, -0.05) is 23.7 Å². The number of nitrogens with zero attached hydrogens (tertiary/aromatic N) is 1. The first-order valence-corrected chi connectivity index (χ1v) is 6.63. The first-order chi connectivity index (χ1) is 8.40. The summed E-state index contributed by atoms with van der Waals surface area (Å²) in [5.74, 6) is 0. The van der Waals surface area contributed by atoms with E-state index in [4.69, 9.17) is 11.6 Å². The van der Waals surface area contributed by atoms with Crippen molar-refractivity contribution in [2.24, 2.45) is 0 Å². The highest BCUT2D eigenvalue weighted by molar-refractivity contribution is 6.30. The Morgan fingerprint density at radius 3 is 2.06 bits per heavy atom. The van der Waals surface area contributed by atoms with Gasteiger partial charge >= 0.3 is 0 Å². The molecule has 4 heteroatoms. The maximum Gasteiger partial charge on any atom is 0.0917 e. The van der Waals surface area contributed by atoms with Crippen molar-refractivity contribution in [3.63, 3.8) is 0 Å². The predicted octanol–water partition coefficient (Wildman–Crippen LogP) is 2.46. The summed E-state index contributed by atoms with van der Waals surface area (Å²) < 4.78 is 0. The van der Waals surface area contributed by atoms with Gasteiger partial charge in [-0.05, 0) is 38.5 Å². The Morgan fingerprint density at radius 1 is 1.06 bits per heavy atom. The molecule has 102 valence electrons. The van der Waals surface area contributed by atoms with Crippen molar-refractivity contribution in [2.75, 3.05) is 13.1 Å². The zero-order chi connectivity index (χ0) is 13.7. The molecule has 2 N–H and O–H groups in total. The molecule has 0 saturated heterocycles. The van der Waals surface area contributed by atoms with Gasteiger partial charge in [0.05, 0.1) is 12.2 Å². The Kier molecular flexibility index (Phi) is 6.09. The molecule has 1 aromatic carbocycles. The van der Waals surface area contributed by atoms with Crippen LogP contribution in [0.5, 0.6) is 0 Å². The lowest BCUT2D eigenvalue weighted by Gasteiger charge is -2.29. The summed E-state index contributed by atoms with van der Waals surface area (Å²) in [5.41, 5.74) is 0.843. The van der Waals surface area contributed by atoms with Crippen molar-refractivity contribution in [3.05, 3.63) is 34.9 Å². The Balaban J connectivity index is 2.65. The average molecular weight is 272 g/mol. The second kappa shape index (κ2) is 7.10. The smallest absolute Gasteiger partial charge is 0.0917 e. The predicted molar refractivity (Wildman–Crippen MR) is 74.8 cm³/mol. The first kappa shape index (κ1) is 15.4. The summed E-state index contributed by atoms with van der Waals surface area (Å²) in [6.07, 6.45) is -0.965. The molecule has 0 fully saturated rings. The van der Waals surface area contributed by atoms with Crippen LogP contribution in [0.1, 0.15) is 32.4 Å². The van der Waals surface area contributed by atoms with Gasteiger partial charge in [0, 0.05) is 24.2 Å². The number of aliphatic hydroxyl groups excluding tert-OH is 2. The summed E-state index contributed by atoms with van der Waals surface area (Å²) in [4.78, 5) is 2.06. The summed E-state index contributed by atoms with van der Waals surface area (Å²) >= 11 is 5.82. The van der Waals surface area contributed by atoms with Crippen LogP contribution in [-0.2, 0) is 0 Å². The molecule has 3 nitrogen and oxygen atoms in total. The lowest BCUT2D eigenvalue weighted by molar-refractivity contribution is 0.0588. The highest BCUT2D eigenvalue weighted by Gasteiger charge is 2.17. The molecule has 0 aliphatic rings. The van der Waals surface area contributed by atoms with Crippen molar-refractivity contribution >= 4 is 11.6 Å². The van der Waals surface area contributed by atoms with E-state index in [-0.39, 0.29) is 6.04 Å². The molecule has 2 unspecified atom stereocenters. The number of hydrogen-bond donors (Lipinski definition) is 2. The normalized spacial score (nSPS) is 15.1. The average Bonchev–Trinajstić information content (AvgIpc) is 2.28. The van der Waals surface area contributed by atoms with Crippen LogP contribution in [0.4, 0.5) is 0 Å². The van der Waals surface area contributed by atoms with Crippen LogP contribution < -0.4 is 0 Å². The second-order valence-corrected chi connectivity index (χ2v) is 5.40. The largest absolute Gasteiger partial charge is 0.392 e. The topological polar surface area (TPSA) is 43.7 Å². The number of aliphatic hydroxyl groups is 2. The Morgan fingerprint density at radius 2 is 1.61 bits per heavy atom. The van der Waals surface area contributed by atoms with E-state index < -0.39 is 12.2 Å². The Labute approximate surface area is 114 Å². The minimum Gasteiger partial charge on any atom is -0.392 e. The van der Waals surface area contributed by atoms with Gasteiger partial charge in [0.15, 0.2) is 0 Å². The lowest BCUT2D eigenvalue weighted by atomic mass is 10.1. The zero-order valence-corrected chi connectivity index (χ0v) is 11.9. The molecule has 2 atom stereocenters. The third kappa shape index (κ3) is 4.94. The summed E-state index contributed by atoms with van der Waals surface area (Å²) in [6, 6.07) is 7.48. The van der Waals surface area contributed by atoms with Gasteiger partial charge < -0.3 is 10.2 Å². The van der Waals surface area contributed by atoms with E-state index in [1.165, 1.54) is 0 Å². The van der Waals surface area contributed by atoms with E-state index in [1.807, 2.05) is 12.1 Å². The van der Waals surface area contributed by atoms with Crippen molar-refractivity contribution in [3.8, 4) is 0 Å². The number of rotatable bonds is 6. The van der Waals surface area contributed by atoms with Crippen LogP contribution in [-0.4, -0.2) is 40.3 Å². The highest BCUT2D eigenvalue weighted by Crippen LogP contribution is 2.18. The van der Waals surface area contributed by atoms with E-state index in [2.05, 4.69) is 18.7 Å². The Hall–Kier alpha value is -0.610. The van der Waals surface area contributed by atoms with Crippen LogP contribution in [0.2, 0.25) is 5.02 Å². The van der Waals surface area contributed by atoms with Crippen LogP contribution in [0, 0.1) is 0 Å². The fourth-order valence-electron chi connectivity index (χ4n) is 1.85. The van der Waals surface area contributed by atoms with E-state index in [0.717, 1.165) is 5.56 Å². The molecule has 1 rings (SSSR count). The molecule has 0 radical (unpaired) electrons. The monoisotopic (exact) mass is 271 g/mol. The maximum atomic E-state index is 10.2. The van der Waals surface area contributed by atoms with E-state index in [1.54, 1.807) is 19.1 Å². The quantitative estimate of drug-likeness (QED) is 0.835. The van der Waals surface area contributed by atoms with Gasteiger partial charge in [0.2, 0.25) is 0 Å².